The molecule has 2 heterocycles. The van der Waals surface area contributed by atoms with Crippen LogP contribution >= 0.6 is 11.6 Å². The van der Waals surface area contributed by atoms with Gasteiger partial charge >= 0.3 is 0 Å². The summed E-state index contributed by atoms with van der Waals surface area (Å²) in [6.45, 7) is 8.01. The molecule has 1 fully saturated rings. The molecule has 2 rings (SSSR count). The van der Waals surface area contributed by atoms with Gasteiger partial charge in [0.15, 0.2) is 0 Å². The molecule has 0 aliphatic carbocycles. The highest BCUT2D eigenvalue weighted by Gasteiger charge is 2.42. The first kappa shape index (κ1) is 15.8. The van der Waals surface area contributed by atoms with Gasteiger partial charge in [-0.2, -0.15) is 5.10 Å². The fraction of sp³-hybridized carbons (Fsp3) is 0.643. The number of nitrogens with zero attached hydrogens (tertiary/aromatic N) is 3. The molecule has 0 aromatic carbocycles. The Labute approximate surface area is 129 Å². The normalized spacial score (nSPS) is 19.9. The summed E-state index contributed by atoms with van der Waals surface area (Å²) in [4.78, 5) is 26.1. The molecule has 1 aliphatic rings. The highest BCUT2D eigenvalue weighted by Crippen LogP contribution is 2.30. The number of piperazine rings is 1. The molecule has 1 aromatic rings. The van der Waals surface area contributed by atoms with E-state index >= 15 is 0 Å². The van der Waals surface area contributed by atoms with Gasteiger partial charge in [-0.1, -0.05) is 32.4 Å². The summed E-state index contributed by atoms with van der Waals surface area (Å²) < 4.78 is 1.58. The third kappa shape index (κ3) is 2.90. The molecule has 0 spiro atoms. The number of aryl methyl sites for hydroxylation is 2. The first-order chi connectivity index (χ1) is 9.62. The molecule has 0 saturated carbocycles. The van der Waals surface area contributed by atoms with Gasteiger partial charge in [0.05, 0.1) is 18.8 Å². The Morgan fingerprint density at radius 2 is 2.00 bits per heavy atom. The topological polar surface area (TPSA) is 67.2 Å². The molecule has 7 heteroatoms. The summed E-state index contributed by atoms with van der Waals surface area (Å²) in [6.07, 6.45) is 0. The summed E-state index contributed by atoms with van der Waals surface area (Å²) in [5.41, 5.74) is 1.20. The zero-order valence-corrected chi connectivity index (χ0v) is 13.8. The van der Waals surface area contributed by atoms with E-state index in [1.54, 1.807) is 16.6 Å². The van der Waals surface area contributed by atoms with Gasteiger partial charge in [0.1, 0.15) is 11.2 Å². The summed E-state index contributed by atoms with van der Waals surface area (Å²) in [5.74, 6) is -0.228. The van der Waals surface area contributed by atoms with Crippen molar-refractivity contribution in [1.82, 2.24) is 20.0 Å². The Morgan fingerprint density at radius 1 is 1.38 bits per heavy atom. The Bertz CT molecular complexity index is 589. The maximum absolute atomic E-state index is 12.3. The van der Waals surface area contributed by atoms with E-state index in [1.807, 2.05) is 27.7 Å². The fourth-order valence-corrected chi connectivity index (χ4v) is 2.94. The van der Waals surface area contributed by atoms with Crippen LogP contribution in [0, 0.1) is 12.3 Å². The van der Waals surface area contributed by atoms with Gasteiger partial charge in [-0.25, -0.2) is 0 Å². The first-order valence-corrected chi connectivity index (χ1v) is 7.26. The number of hydrogen-bond acceptors (Lipinski definition) is 3. The fourth-order valence-electron chi connectivity index (χ4n) is 2.71. The summed E-state index contributed by atoms with van der Waals surface area (Å²) in [7, 11) is 1.75. The predicted molar refractivity (Wildman–Crippen MR) is 79.8 cm³/mol. The molecule has 116 valence electrons. The quantitative estimate of drug-likeness (QED) is 0.894. The highest BCUT2D eigenvalue weighted by atomic mass is 35.5. The largest absolute Gasteiger partial charge is 0.345 e. The average molecular weight is 313 g/mol. The molecule has 1 saturated heterocycles. The van der Waals surface area contributed by atoms with Crippen molar-refractivity contribution in [3.8, 4) is 0 Å². The molecular formula is C14H21ClN4O2. The standard InChI is InChI=1S/C14H21ClN4O2/c1-8-9(12(15)18(5)17-8)7-19-10(20)6-16-13(21)11(19)14(2,3)4/h11H,6-7H2,1-5H3,(H,16,21). The Hall–Kier alpha value is -1.56. The van der Waals surface area contributed by atoms with Crippen molar-refractivity contribution in [3.05, 3.63) is 16.4 Å². The van der Waals surface area contributed by atoms with E-state index in [2.05, 4.69) is 10.4 Å². The minimum absolute atomic E-state index is 0.0301. The average Bonchev–Trinajstić information content (AvgIpc) is 2.58. The van der Waals surface area contributed by atoms with Crippen LogP contribution in [0.4, 0.5) is 0 Å². The number of halogens is 1. The number of rotatable bonds is 2. The van der Waals surface area contributed by atoms with Gasteiger partial charge in [-0.15, -0.1) is 0 Å². The lowest BCUT2D eigenvalue weighted by Gasteiger charge is -2.42. The maximum Gasteiger partial charge on any atom is 0.243 e. The summed E-state index contributed by atoms with van der Waals surface area (Å²) >= 11 is 6.24. The van der Waals surface area contributed by atoms with Gasteiger partial charge < -0.3 is 10.2 Å². The predicted octanol–water partition coefficient (Wildman–Crippen LogP) is 1.26. The highest BCUT2D eigenvalue weighted by molar-refractivity contribution is 6.30. The lowest BCUT2D eigenvalue weighted by atomic mass is 9.83. The van der Waals surface area contributed by atoms with Crippen LogP contribution in [-0.4, -0.2) is 39.1 Å². The molecule has 21 heavy (non-hydrogen) atoms. The van der Waals surface area contributed by atoms with Crippen LogP contribution in [0.25, 0.3) is 0 Å². The van der Waals surface area contributed by atoms with Crippen LogP contribution in [0.1, 0.15) is 32.0 Å². The van der Waals surface area contributed by atoms with E-state index in [0.29, 0.717) is 11.7 Å². The molecule has 1 N–H and O–H groups in total. The van der Waals surface area contributed by atoms with Gasteiger partial charge in [0.25, 0.3) is 0 Å². The SMILES string of the molecule is Cc1nn(C)c(Cl)c1CN1C(=O)CNC(=O)C1C(C)(C)C. The molecule has 0 radical (unpaired) electrons. The van der Waals surface area contributed by atoms with Crippen LogP contribution in [0.2, 0.25) is 5.15 Å². The van der Waals surface area contributed by atoms with Crippen molar-refractivity contribution in [2.24, 2.45) is 12.5 Å². The molecule has 1 atom stereocenters. The second-order valence-electron chi connectivity index (χ2n) is 6.49. The van der Waals surface area contributed by atoms with Crippen molar-refractivity contribution in [2.75, 3.05) is 6.54 Å². The molecule has 1 aromatic heterocycles. The van der Waals surface area contributed by atoms with Crippen molar-refractivity contribution in [1.29, 1.82) is 0 Å². The van der Waals surface area contributed by atoms with Crippen LogP contribution in [0.3, 0.4) is 0 Å². The molecular weight excluding hydrogens is 292 g/mol. The molecule has 0 bridgehead atoms. The van der Waals surface area contributed by atoms with Gasteiger partial charge in [-0.3, -0.25) is 14.3 Å². The number of amides is 2. The third-order valence-electron chi connectivity index (χ3n) is 3.71. The zero-order valence-electron chi connectivity index (χ0n) is 13.0. The van der Waals surface area contributed by atoms with Crippen molar-refractivity contribution < 1.29 is 9.59 Å². The number of aromatic nitrogens is 2. The monoisotopic (exact) mass is 312 g/mol. The Kier molecular flexibility index (Phi) is 4.02. The molecule has 2 amide bonds. The molecule has 1 aliphatic heterocycles. The van der Waals surface area contributed by atoms with Crippen LogP contribution in [0.5, 0.6) is 0 Å². The Balaban J connectivity index is 2.38. The van der Waals surface area contributed by atoms with Gasteiger partial charge in [0, 0.05) is 12.6 Å². The van der Waals surface area contributed by atoms with Crippen molar-refractivity contribution in [2.45, 2.75) is 40.3 Å². The van der Waals surface area contributed by atoms with Gasteiger partial charge in [0.2, 0.25) is 11.8 Å². The Morgan fingerprint density at radius 3 is 2.48 bits per heavy atom. The van der Waals surface area contributed by atoms with E-state index in [4.69, 9.17) is 11.6 Å². The second kappa shape index (κ2) is 5.33. The minimum atomic E-state index is -0.519. The number of carbonyl (C=O) groups excluding carboxylic acids is 2. The van der Waals surface area contributed by atoms with Gasteiger partial charge in [-0.05, 0) is 12.3 Å². The van der Waals surface area contributed by atoms with Crippen LogP contribution in [0.15, 0.2) is 0 Å². The van der Waals surface area contributed by atoms with E-state index in [-0.39, 0.29) is 23.8 Å². The van der Waals surface area contributed by atoms with E-state index in [1.165, 1.54) is 0 Å². The van der Waals surface area contributed by atoms with Crippen LogP contribution in [-0.2, 0) is 23.2 Å². The first-order valence-electron chi connectivity index (χ1n) is 6.88. The zero-order chi connectivity index (χ0) is 15.9. The van der Waals surface area contributed by atoms with Crippen molar-refractivity contribution >= 4 is 23.4 Å². The summed E-state index contributed by atoms with van der Waals surface area (Å²) in [6, 6.07) is -0.519. The summed E-state index contributed by atoms with van der Waals surface area (Å²) in [5, 5.41) is 7.41. The van der Waals surface area contributed by atoms with E-state index in [9.17, 15) is 9.59 Å². The van der Waals surface area contributed by atoms with Crippen LogP contribution < -0.4 is 5.32 Å². The van der Waals surface area contributed by atoms with Crippen molar-refractivity contribution in [3.63, 3.8) is 0 Å². The molecule has 6 nitrogen and oxygen atoms in total. The second-order valence-corrected chi connectivity index (χ2v) is 6.84. The maximum atomic E-state index is 12.3. The lowest BCUT2D eigenvalue weighted by Crippen LogP contribution is -2.62. The third-order valence-corrected chi connectivity index (χ3v) is 4.19. The number of carbonyl (C=O) groups is 2. The van der Waals surface area contributed by atoms with E-state index < -0.39 is 6.04 Å². The molecule has 1 unspecified atom stereocenters. The number of hydrogen-bond donors (Lipinski definition) is 1. The smallest absolute Gasteiger partial charge is 0.243 e. The minimum Gasteiger partial charge on any atom is -0.345 e. The van der Waals surface area contributed by atoms with E-state index in [0.717, 1.165) is 11.3 Å². The number of nitrogens with one attached hydrogen (secondary N) is 1. The lowest BCUT2D eigenvalue weighted by molar-refractivity contribution is -0.150.